The molecule has 0 aliphatic carbocycles. The van der Waals surface area contributed by atoms with Gasteiger partial charge in [-0.15, -0.1) is 0 Å². The second kappa shape index (κ2) is 11.3. The van der Waals surface area contributed by atoms with Crippen LogP contribution in [0, 0.1) is 10.1 Å². The number of methoxy groups -OCH3 is 3. The zero-order chi connectivity index (χ0) is 25.4. The lowest BCUT2D eigenvalue weighted by Gasteiger charge is -2.12. The molecule has 0 saturated heterocycles. The van der Waals surface area contributed by atoms with E-state index in [0.29, 0.717) is 28.5 Å². The molecule has 0 radical (unpaired) electrons. The molecule has 180 valence electrons. The molecule has 35 heavy (non-hydrogen) atoms. The van der Waals surface area contributed by atoms with Crippen molar-refractivity contribution in [2.45, 2.75) is 0 Å². The summed E-state index contributed by atoms with van der Waals surface area (Å²) in [6.07, 6.45) is 1.41. The maximum atomic E-state index is 12.5. The van der Waals surface area contributed by atoms with Crippen molar-refractivity contribution in [3.8, 4) is 17.2 Å². The fraction of sp³-hybridized carbons (Fsp3) is 0.125. The van der Waals surface area contributed by atoms with Gasteiger partial charge in [-0.05, 0) is 36.4 Å². The van der Waals surface area contributed by atoms with Gasteiger partial charge in [0.2, 0.25) is 5.75 Å². The number of hydrazone groups is 1. The molecule has 0 fully saturated rings. The molecule has 3 aromatic rings. The molecule has 0 unspecified atom stereocenters. The normalized spacial score (nSPS) is 10.5. The second-order valence-corrected chi connectivity index (χ2v) is 7.00. The number of carbonyl (C=O) groups is 2. The Hall–Kier alpha value is -4.93. The van der Waals surface area contributed by atoms with Gasteiger partial charge >= 0.3 is 0 Å². The Morgan fingerprint density at radius 2 is 1.51 bits per heavy atom. The molecule has 2 N–H and O–H groups in total. The van der Waals surface area contributed by atoms with Gasteiger partial charge in [0.15, 0.2) is 11.5 Å². The Balaban J connectivity index is 1.69. The van der Waals surface area contributed by atoms with Crippen molar-refractivity contribution in [2.75, 3.05) is 26.6 Å². The Morgan fingerprint density at radius 3 is 2.11 bits per heavy atom. The standard InChI is InChI=1S/C24H22N4O7/c1-33-20-10-15(11-21(34-2)22(20)35-3)14-25-27-24(30)16-6-4-8-18(12-16)26-23(29)17-7-5-9-19(13-17)28(31)32/h4-14H,1-3H3,(H,26,29)(H,27,30). The maximum absolute atomic E-state index is 12.5. The zero-order valence-electron chi connectivity index (χ0n) is 19.1. The lowest BCUT2D eigenvalue weighted by Crippen LogP contribution is -2.18. The monoisotopic (exact) mass is 478 g/mol. The van der Waals surface area contributed by atoms with Crippen molar-refractivity contribution in [2.24, 2.45) is 5.10 Å². The van der Waals surface area contributed by atoms with Crippen molar-refractivity contribution < 1.29 is 28.7 Å². The minimum atomic E-state index is -0.583. The molecule has 2 amide bonds. The first-order valence-corrected chi connectivity index (χ1v) is 10.2. The van der Waals surface area contributed by atoms with Crippen molar-refractivity contribution in [3.63, 3.8) is 0 Å². The van der Waals surface area contributed by atoms with Crippen molar-refractivity contribution >= 4 is 29.4 Å². The highest BCUT2D eigenvalue weighted by Crippen LogP contribution is 2.37. The number of nitrogens with one attached hydrogen (secondary N) is 2. The molecule has 3 aromatic carbocycles. The summed E-state index contributed by atoms with van der Waals surface area (Å²) >= 11 is 0. The molecule has 0 aliphatic heterocycles. The van der Waals surface area contributed by atoms with Crippen LogP contribution in [0.1, 0.15) is 26.3 Å². The number of nitrogens with zero attached hydrogens (tertiary/aromatic N) is 2. The average Bonchev–Trinajstić information content (AvgIpc) is 2.88. The van der Waals surface area contributed by atoms with Gasteiger partial charge in [-0.3, -0.25) is 19.7 Å². The molecular formula is C24H22N4O7. The molecular weight excluding hydrogens is 456 g/mol. The van der Waals surface area contributed by atoms with E-state index in [1.54, 1.807) is 30.3 Å². The molecule has 3 rings (SSSR count). The summed E-state index contributed by atoms with van der Waals surface area (Å²) in [6, 6.07) is 14.9. The highest BCUT2D eigenvalue weighted by Gasteiger charge is 2.14. The molecule has 0 spiro atoms. The summed E-state index contributed by atoms with van der Waals surface area (Å²) in [5, 5.41) is 17.5. The lowest BCUT2D eigenvalue weighted by atomic mass is 10.1. The number of rotatable bonds is 9. The van der Waals surface area contributed by atoms with Gasteiger partial charge in [-0.2, -0.15) is 5.10 Å². The Labute approximate surface area is 200 Å². The molecule has 11 heteroatoms. The number of nitro groups is 1. The number of benzene rings is 3. The van der Waals surface area contributed by atoms with Gasteiger partial charge < -0.3 is 19.5 Å². The van der Waals surface area contributed by atoms with E-state index < -0.39 is 16.7 Å². The smallest absolute Gasteiger partial charge is 0.271 e. The highest BCUT2D eigenvalue weighted by molar-refractivity contribution is 6.05. The number of hydrogen-bond donors (Lipinski definition) is 2. The first-order valence-electron chi connectivity index (χ1n) is 10.2. The molecule has 0 aliphatic rings. The van der Waals surface area contributed by atoms with Gasteiger partial charge in [-0.1, -0.05) is 12.1 Å². The van der Waals surface area contributed by atoms with Gasteiger partial charge in [0, 0.05) is 34.5 Å². The fourth-order valence-electron chi connectivity index (χ4n) is 3.11. The van der Waals surface area contributed by atoms with Crippen LogP contribution < -0.4 is 25.0 Å². The predicted molar refractivity (Wildman–Crippen MR) is 129 cm³/mol. The Bertz CT molecular complexity index is 1270. The maximum Gasteiger partial charge on any atom is 0.271 e. The molecule has 11 nitrogen and oxygen atoms in total. The summed E-state index contributed by atoms with van der Waals surface area (Å²) in [5.74, 6) is 0.241. The third kappa shape index (κ3) is 6.11. The van der Waals surface area contributed by atoms with E-state index in [2.05, 4.69) is 15.8 Å². The van der Waals surface area contributed by atoms with Crippen molar-refractivity contribution in [1.29, 1.82) is 0 Å². The number of amides is 2. The van der Waals surface area contributed by atoms with E-state index in [4.69, 9.17) is 14.2 Å². The van der Waals surface area contributed by atoms with Crippen LogP contribution in [0.4, 0.5) is 11.4 Å². The first kappa shape index (κ1) is 24.7. The molecule has 0 aromatic heterocycles. The van der Waals surface area contributed by atoms with Crippen LogP contribution in [-0.2, 0) is 0 Å². The van der Waals surface area contributed by atoms with Crippen LogP contribution in [0.15, 0.2) is 65.8 Å². The van der Waals surface area contributed by atoms with Crippen molar-refractivity contribution in [1.82, 2.24) is 5.43 Å². The topological polar surface area (TPSA) is 141 Å². The summed E-state index contributed by atoms with van der Waals surface area (Å²) in [7, 11) is 4.48. The highest BCUT2D eigenvalue weighted by atomic mass is 16.6. The van der Waals surface area contributed by atoms with Crippen LogP contribution in [0.25, 0.3) is 0 Å². The SMILES string of the molecule is COc1cc(C=NNC(=O)c2cccc(NC(=O)c3cccc([N+](=O)[O-])c3)c2)cc(OC)c1OC. The van der Waals surface area contributed by atoms with E-state index >= 15 is 0 Å². The Morgan fingerprint density at radius 1 is 0.886 bits per heavy atom. The first-order chi connectivity index (χ1) is 16.9. The lowest BCUT2D eigenvalue weighted by molar-refractivity contribution is -0.384. The van der Waals surface area contributed by atoms with Gasteiger partial charge in [0.05, 0.1) is 32.5 Å². The number of carbonyl (C=O) groups excluding carboxylic acids is 2. The summed E-state index contributed by atoms with van der Waals surface area (Å²) < 4.78 is 15.9. The second-order valence-electron chi connectivity index (χ2n) is 7.00. The summed E-state index contributed by atoms with van der Waals surface area (Å²) in [5.41, 5.74) is 3.50. The van der Waals surface area contributed by atoms with Crippen LogP contribution in [0.3, 0.4) is 0 Å². The van der Waals surface area contributed by atoms with Gasteiger partial charge in [-0.25, -0.2) is 5.43 Å². The van der Waals surface area contributed by atoms with Crippen LogP contribution >= 0.6 is 0 Å². The number of nitro benzene ring substituents is 1. The molecule has 0 bridgehead atoms. The zero-order valence-corrected chi connectivity index (χ0v) is 19.1. The largest absolute Gasteiger partial charge is 0.493 e. The summed E-state index contributed by atoms with van der Waals surface area (Å²) in [4.78, 5) is 35.3. The van der Waals surface area contributed by atoms with Crippen LogP contribution in [-0.4, -0.2) is 44.3 Å². The number of non-ortho nitro benzene ring substituents is 1. The minimum Gasteiger partial charge on any atom is -0.493 e. The fourth-order valence-corrected chi connectivity index (χ4v) is 3.11. The number of anilines is 1. The molecule has 0 saturated carbocycles. The molecule has 0 atom stereocenters. The van der Waals surface area contributed by atoms with E-state index in [-0.39, 0.29) is 16.8 Å². The number of hydrogen-bond acceptors (Lipinski definition) is 8. The van der Waals surface area contributed by atoms with Crippen molar-refractivity contribution in [3.05, 3.63) is 87.5 Å². The summed E-state index contributed by atoms with van der Waals surface area (Å²) in [6.45, 7) is 0. The number of ether oxygens (including phenoxy) is 3. The van der Waals surface area contributed by atoms with E-state index in [9.17, 15) is 19.7 Å². The minimum absolute atomic E-state index is 0.115. The third-order valence-corrected chi connectivity index (χ3v) is 4.77. The van der Waals surface area contributed by atoms with E-state index in [0.717, 1.165) is 0 Å². The van der Waals surface area contributed by atoms with Gasteiger partial charge in [0.1, 0.15) is 0 Å². The van der Waals surface area contributed by atoms with Gasteiger partial charge in [0.25, 0.3) is 17.5 Å². The average molecular weight is 478 g/mol. The third-order valence-electron chi connectivity index (χ3n) is 4.77. The quantitative estimate of drug-likeness (QED) is 0.272. The predicted octanol–water partition coefficient (Wildman–Crippen LogP) is 3.64. The van der Waals surface area contributed by atoms with E-state index in [1.807, 2.05) is 0 Å². The van der Waals surface area contributed by atoms with E-state index in [1.165, 1.54) is 57.9 Å². The van der Waals surface area contributed by atoms with Crippen LogP contribution in [0.5, 0.6) is 17.2 Å². The Kier molecular flexibility index (Phi) is 7.96. The molecule has 0 heterocycles. The van der Waals surface area contributed by atoms with Crippen LogP contribution in [0.2, 0.25) is 0 Å².